The number of nitrogens with zero attached hydrogens (tertiary/aromatic N) is 2. The number of nitrogens with one attached hydrogen (secondary N) is 1. The molecule has 0 saturated carbocycles. The lowest BCUT2D eigenvalue weighted by molar-refractivity contribution is 0.0691. The number of carboxylic acid groups (broad SMARTS) is 1. The molecule has 4 rings (SSSR count). The molecule has 0 atom stereocenters. The van der Waals surface area contributed by atoms with Gasteiger partial charge >= 0.3 is 5.97 Å². The minimum absolute atomic E-state index is 0.0966. The van der Waals surface area contributed by atoms with Crippen LogP contribution in [0, 0.1) is 0 Å². The van der Waals surface area contributed by atoms with Crippen molar-refractivity contribution >= 4 is 22.8 Å². The Morgan fingerprint density at radius 2 is 2.05 bits per heavy atom. The van der Waals surface area contributed by atoms with Crippen molar-refractivity contribution < 1.29 is 19.4 Å². The summed E-state index contributed by atoms with van der Waals surface area (Å²) < 4.78 is 12.7. The standard InChI is InChI=1S/C12H9N3O4/c16-11(17)7-5-15-8-4-10-9(18-1-2-19-10)3-6(8)13-12(15)14-7/h3-5H,1-2H2,(H,13,14)(H,16,17). The predicted molar refractivity (Wildman–Crippen MR) is 65.0 cm³/mol. The first-order valence-corrected chi connectivity index (χ1v) is 5.76. The van der Waals surface area contributed by atoms with Gasteiger partial charge in [0, 0.05) is 18.3 Å². The Morgan fingerprint density at radius 1 is 1.32 bits per heavy atom. The number of aromatic nitrogens is 3. The zero-order valence-corrected chi connectivity index (χ0v) is 9.71. The van der Waals surface area contributed by atoms with E-state index in [0.29, 0.717) is 30.5 Å². The fraction of sp³-hybridized carbons (Fsp3) is 0.167. The highest BCUT2D eigenvalue weighted by atomic mass is 16.6. The lowest BCUT2D eigenvalue weighted by atomic mass is 10.2. The van der Waals surface area contributed by atoms with E-state index in [1.54, 1.807) is 10.5 Å². The zero-order chi connectivity index (χ0) is 13.0. The van der Waals surface area contributed by atoms with Crippen molar-refractivity contribution in [1.29, 1.82) is 0 Å². The molecule has 19 heavy (non-hydrogen) atoms. The number of aromatic carboxylic acids is 1. The van der Waals surface area contributed by atoms with Crippen LogP contribution in [0.5, 0.6) is 11.5 Å². The molecule has 1 aromatic carbocycles. The van der Waals surface area contributed by atoms with Gasteiger partial charge in [0.15, 0.2) is 11.5 Å². The van der Waals surface area contributed by atoms with Crippen molar-refractivity contribution in [1.82, 2.24) is 14.4 Å². The number of H-pyrrole nitrogens is 1. The number of rotatable bonds is 1. The molecule has 1 aliphatic heterocycles. The Labute approximate surface area is 106 Å². The lowest BCUT2D eigenvalue weighted by Crippen LogP contribution is -2.15. The number of carboxylic acids is 1. The van der Waals surface area contributed by atoms with Gasteiger partial charge in [-0.2, -0.15) is 0 Å². The number of carbonyl (C=O) groups is 1. The van der Waals surface area contributed by atoms with Crippen LogP contribution in [-0.2, 0) is 0 Å². The predicted octanol–water partition coefficient (Wildman–Crippen LogP) is 1.28. The number of aromatic amines is 1. The summed E-state index contributed by atoms with van der Waals surface area (Å²) in [4.78, 5) is 18.0. The quantitative estimate of drug-likeness (QED) is 0.687. The van der Waals surface area contributed by atoms with Crippen LogP contribution in [0.25, 0.3) is 16.8 Å². The zero-order valence-electron chi connectivity index (χ0n) is 9.71. The summed E-state index contributed by atoms with van der Waals surface area (Å²) in [5.41, 5.74) is 1.61. The molecule has 0 radical (unpaired) electrons. The molecule has 7 heteroatoms. The molecule has 0 spiro atoms. The van der Waals surface area contributed by atoms with Crippen molar-refractivity contribution in [3.05, 3.63) is 24.0 Å². The topological polar surface area (TPSA) is 88.8 Å². The summed E-state index contributed by atoms with van der Waals surface area (Å²) >= 11 is 0. The van der Waals surface area contributed by atoms with E-state index in [1.807, 2.05) is 6.07 Å². The maximum Gasteiger partial charge on any atom is 0.353 e. The van der Waals surface area contributed by atoms with Gasteiger partial charge < -0.3 is 19.6 Å². The first kappa shape index (κ1) is 10.2. The van der Waals surface area contributed by atoms with E-state index in [2.05, 4.69) is 9.97 Å². The molecule has 0 saturated heterocycles. The third-order valence-corrected chi connectivity index (χ3v) is 3.09. The minimum Gasteiger partial charge on any atom is -0.486 e. The fourth-order valence-corrected chi connectivity index (χ4v) is 2.24. The first-order valence-electron chi connectivity index (χ1n) is 5.76. The maximum atomic E-state index is 10.9. The van der Waals surface area contributed by atoms with E-state index in [-0.39, 0.29) is 5.69 Å². The summed E-state index contributed by atoms with van der Waals surface area (Å²) in [6.45, 7) is 1.03. The minimum atomic E-state index is -1.02. The van der Waals surface area contributed by atoms with Gasteiger partial charge in [-0.15, -0.1) is 0 Å². The van der Waals surface area contributed by atoms with Crippen LogP contribution in [0.1, 0.15) is 10.5 Å². The van der Waals surface area contributed by atoms with Gasteiger partial charge in [0.05, 0.1) is 11.0 Å². The van der Waals surface area contributed by atoms with Crippen LogP contribution < -0.4 is 9.47 Å². The van der Waals surface area contributed by atoms with Crippen molar-refractivity contribution in [3.63, 3.8) is 0 Å². The van der Waals surface area contributed by atoms with Crippen molar-refractivity contribution in [2.45, 2.75) is 0 Å². The number of fused-ring (bicyclic) bond motifs is 4. The average Bonchev–Trinajstić information content (AvgIpc) is 2.94. The smallest absolute Gasteiger partial charge is 0.353 e. The Bertz CT molecular complexity index is 817. The van der Waals surface area contributed by atoms with Crippen molar-refractivity contribution in [2.24, 2.45) is 0 Å². The molecule has 0 amide bonds. The van der Waals surface area contributed by atoms with Crippen LogP contribution in [-0.4, -0.2) is 38.7 Å². The second kappa shape index (κ2) is 3.41. The van der Waals surface area contributed by atoms with Gasteiger partial charge in [-0.25, -0.2) is 9.78 Å². The van der Waals surface area contributed by atoms with Crippen LogP contribution in [0.3, 0.4) is 0 Å². The summed E-state index contributed by atoms with van der Waals surface area (Å²) in [5.74, 6) is 0.780. The fourth-order valence-electron chi connectivity index (χ4n) is 2.24. The van der Waals surface area contributed by atoms with Gasteiger partial charge in [-0.1, -0.05) is 0 Å². The Kier molecular flexibility index (Phi) is 1.84. The molecule has 2 N–H and O–H groups in total. The molecule has 3 heterocycles. The van der Waals surface area contributed by atoms with Gasteiger partial charge in [-0.05, 0) is 0 Å². The summed E-state index contributed by atoms with van der Waals surface area (Å²) in [6, 6.07) is 3.61. The molecular weight excluding hydrogens is 250 g/mol. The number of ether oxygens (including phenoxy) is 2. The van der Waals surface area contributed by atoms with Gasteiger partial charge in [0.1, 0.15) is 18.9 Å². The van der Waals surface area contributed by atoms with E-state index >= 15 is 0 Å². The molecule has 0 fully saturated rings. The number of imidazole rings is 2. The van der Waals surface area contributed by atoms with Crippen molar-refractivity contribution in [3.8, 4) is 11.5 Å². The third-order valence-electron chi connectivity index (χ3n) is 3.09. The van der Waals surface area contributed by atoms with Crippen molar-refractivity contribution in [2.75, 3.05) is 13.2 Å². The van der Waals surface area contributed by atoms with Gasteiger partial charge in [-0.3, -0.25) is 4.40 Å². The Morgan fingerprint density at radius 3 is 2.79 bits per heavy atom. The first-order chi connectivity index (χ1) is 9.22. The molecular formula is C12H9N3O4. The van der Waals surface area contributed by atoms with Crippen LogP contribution in [0.2, 0.25) is 0 Å². The molecule has 2 aromatic heterocycles. The molecule has 3 aromatic rings. The van der Waals surface area contributed by atoms with E-state index < -0.39 is 5.97 Å². The summed E-state index contributed by atoms with van der Waals surface area (Å²) in [7, 11) is 0. The monoisotopic (exact) mass is 259 g/mol. The molecule has 0 aliphatic carbocycles. The third kappa shape index (κ3) is 1.38. The van der Waals surface area contributed by atoms with Crippen LogP contribution in [0.4, 0.5) is 0 Å². The largest absolute Gasteiger partial charge is 0.486 e. The van der Waals surface area contributed by atoms with E-state index in [4.69, 9.17) is 14.6 Å². The normalized spacial score (nSPS) is 14.1. The highest BCUT2D eigenvalue weighted by Crippen LogP contribution is 2.34. The highest BCUT2D eigenvalue weighted by Gasteiger charge is 2.17. The van der Waals surface area contributed by atoms with E-state index in [9.17, 15) is 4.79 Å². The van der Waals surface area contributed by atoms with Crippen LogP contribution >= 0.6 is 0 Å². The number of hydrogen-bond acceptors (Lipinski definition) is 4. The SMILES string of the molecule is O=C(O)c1cn2c(nc3cc4c(cc32)OCCO4)[nH]1. The Balaban J connectivity index is 2.01. The van der Waals surface area contributed by atoms with Crippen LogP contribution in [0.15, 0.2) is 18.3 Å². The van der Waals surface area contributed by atoms with Gasteiger partial charge in [0.25, 0.3) is 0 Å². The molecule has 7 nitrogen and oxygen atoms in total. The van der Waals surface area contributed by atoms with Gasteiger partial charge in [0.2, 0.25) is 5.78 Å². The number of hydrogen-bond donors (Lipinski definition) is 2. The molecule has 1 aliphatic rings. The molecule has 96 valence electrons. The second-order valence-corrected chi connectivity index (χ2v) is 4.26. The number of benzene rings is 1. The maximum absolute atomic E-state index is 10.9. The second-order valence-electron chi connectivity index (χ2n) is 4.26. The van der Waals surface area contributed by atoms with E-state index in [0.717, 1.165) is 11.0 Å². The summed E-state index contributed by atoms with van der Waals surface area (Å²) in [6.07, 6.45) is 1.50. The molecule has 0 bridgehead atoms. The average molecular weight is 259 g/mol. The highest BCUT2D eigenvalue weighted by molar-refractivity contribution is 5.89. The lowest BCUT2D eigenvalue weighted by Gasteiger charge is -2.17. The van der Waals surface area contributed by atoms with E-state index in [1.165, 1.54) is 6.20 Å². The molecule has 0 unspecified atom stereocenters. The Hall–Kier alpha value is -2.70. The summed E-state index contributed by atoms with van der Waals surface area (Å²) in [5, 5.41) is 8.95.